The number of aromatic nitrogens is 1. The first-order valence-corrected chi connectivity index (χ1v) is 10.8. The summed E-state index contributed by atoms with van der Waals surface area (Å²) in [6.07, 6.45) is 2.98. The normalized spacial score (nSPS) is 16.1. The fourth-order valence-electron chi connectivity index (χ4n) is 3.28. The number of benzene rings is 1. The molecule has 1 amide bonds. The van der Waals surface area contributed by atoms with Crippen LogP contribution in [0.15, 0.2) is 52.3 Å². The molecule has 28 heavy (non-hydrogen) atoms. The molecule has 0 atom stereocenters. The van der Waals surface area contributed by atoms with E-state index in [9.17, 15) is 18.0 Å². The summed E-state index contributed by atoms with van der Waals surface area (Å²) in [7, 11) is -3.87. The highest BCUT2D eigenvalue weighted by Gasteiger charge is 2.30. The lowest BCUT2D eigenvalue weighted by molar-refractivity contribution is -0.116. The molecule has 0 unspecified atom stereocenters. The number of amides is 1. The van der Waals surface area contributed by atoms with E-state index in [0.717, 1.165) is 23.0 Å². The molecule has 8 heteroatoms. The SMILES string of the molecule is Cc1cccc(NC(=O)Cn2cccc(S(=O)(=O)N3CCC(C)CC3)c2=O)c1. The molecule has 1 aromatic carbocycles. The van der Waals surface area contributed by atoms with Crippen molar-refractivity contribution in [3.05, 3.63) is 58.5 Å². The molecule has 150 valence electrons. The van der Waals surface area contributed by atoms with Gasteiger partial charge >= 0.3 is 0 Å². The van der Waals surface area contributed by atoms with Gasteiger partial charge in [0.15, 0.2) is 0 Å². The number of rotatable bonds is 5. The minimum Gasteiger partial charge on any atom is -0.325 e. The maximum absolute atomic E-state index is 12.9. The standard InChI is InChI=1S/C20H25N3O4S/c1-15-8-11-23(12-9-15)28(26,27)18-7-4-10-22(20(18)25)14-19(24)21-17-6-3-5-16(2)13-17/h3-7,10,13,15H,8-9,11-12,14H2,1-2H3,(H,21,24). The Hall–Kier alpha value is -2.45. The van der Waals surface area contributed by atoms with Crippen molar-refractivity contribution in [1.29, 1.82) is 0 Å². The molecule has 2 heterocycles. The van der Waals surface area contributed by atoms with Gasteiger partial charge < -0.3 is 9.88 Å². The summed E-state index contributed by atoms with van der Waals surface area (Å²) in [4.78, 5) is 24.8. The zero-order valence-corrected chi connectivity index (χ0v) is 16.9. The van der Waals surface area contributed by atoms with Crippen LogP contribution >= 0.6 is 0 Å². The third-order valence-electron chi connectivity index (χ3n) is 4.96. The first kappa shape index (κ1) is 20.3. The van der Waals surface area contributed by atoms with Crippen molar-refractivity contribution in [2.75, 3.05) is 18.4 Å². The van der Waals surface area contributed by atoms with E-state index in [1.165, 1.54) is 22.6 Å². The lowest BCUT2D eigenvalue weighted by atomic mass is 10.0. The summed E-state index contributed by atoms with van der Waals surface area (Å²) < 4.78 is 28.3. The van der Waals surface area contributed by atoms with Crippen molar-refractivity contribution in [3.63, 3.8) is 0 Å². The van der Waals surface area contributed by atoms with E-state index in [0.29, 0.717) is 24.7 Å². The van der Waals surface area contributed by atoms with Crippen LogP contribution in [0.1, 0.15) is 25.3 Å². The molecule has 7 nitrogen and oxygen atoms in total. The van der Waals surface area contributed by atoms with Crippen LogP contribution in [0.5, 0.6) is 0 Å². The van der Waals surface area contributed by atoms with Gasteiger partial charge in [0.1, 0.15) is 11.4 Å². The average molecular weight is 404 g/mol. The maximum Gasteiger partial charge on any atom is 0.271 e. The molecule has 1 aromatic heterocycles. The third kappa shape index (κ3) is 4.51. The van der Waals surface area contributed by atoms with Crippen LogP contribution in [-0.2, 0) is 21.4 Å². The molecule has 2 aromatic rings. The number of pyridine rings is 1. The van der Waals surface area contributed by atoms with E-state index in [1.807, 2.05) is 25.1 Å². The molecular weight excluding hydrogens is 378 g/mol. The Morgan fingerprint density at radius 3 is 2.57 bits per heavy atom. The van der Waals surface area contributed by atoms with E-state index in [2.05, 4.69) is 12.2 Å². The summed E-state index contributed by atoms with van der Waals surface area (Å²) in [5.74, 6) is 0.0817. The molecule has 0 bridgehead atoms. The zero-order valence-electron chi connectivity index (χ0n) is 16.1. The molecular formula is C20H25N3O4S. The highest BCUT2D eigenvalue weighted by Crippen LogP contribution is 2.21. The molecule has 1 N–H and O–H groups in total. The second-order valence-corrected chi connectivity index (χ2v) is 9.22. The Bertz CT molecular complexity index is 1020. The van der Waals surface area contributed by atoms with Gasteiger partial charge in [-0.2, -0.15) is 4.31 Å². The van der Waals surface area contributed by atoms with Gasteiger partial charge in [0.05, 0.1) is 0 Å². The van der Waals surface area contributed by atoms with Crippen LogP contribution < -0.4 is 10.9 Å². The van der Waals surface area contributed by atoms with E-state index in [-0.39, 0.29) is 11.4 Å². The van der Waals surface area contributed by atoms with Crippen molar-refractivity contribution in [2.24, 2.45) is 5.92 Å². The van der Waals surface area contributed by atoms with Crippen molar-refractivity contribution in [2.45, 2.75) is 38.1 Å². The minimum atomic E-state index is -3.87. The number of aryl methyl sites for hydroxylation is 1. The number of sulfonamides is 1. The quantitative estimate of drug-likeness (QED) is 0.829. The second-order valence-electron chi connectivity index (χ2n) is 7.31. The van der Waals surface area contributed by atoms with Gasteiger partial charge in [0.25, 0.3) is 5.56 Å². The number of nitrogens with zero attached hydrogens (tertiary/aromatic N) is 2. The van der Waals surface area contributed by atoms with E-state index < -0.39 is 21.5 Å². The van der Waals surface area contributed by atoms with Gasteiger partial charge in [-0.1, -0.05) is 19.1 Å². The Morgan fingerprint density at radius 2 is 1.89 bits per heavy atom. The number of anilines is 1. The largest absolute Gasteiger partial charge is 0.325 e. The summed E-state index contributed by atoms with van der Waals surface area (Å²) in [6, 6.07) is 10.1. The summed E-state index contributed by atoms with van der Waals surface area (Å²) >= 11 is 0. The molecule has 0 spiro atoms. The van der Waals surface area contributed by atoms with E-state index in [4.69, 9.17) is 0 Å². The first-order valence-electron chi connectivity index (χ1n) is 9.33. The summed E-state index contributed by atoms with van der Waals surface area (Å²) in [5, 5.41) is 2.73. The molecule has 1 aliphatic rings. The van der Waals surface area contributed by atoms with Crippen LogP contribution in [0.2, 0.25) is 0 Å². The van der Waals surface area contributed by atoms with Crippen LogP contribution in [0.25, 0.3) is 0 Å². The number of nitrogens with one attached hydrogen (secondary N) is 1. The summed E-state index contributed by atoms with van der Waals surface area (Å²) in [6.45, 7) is 4.56. The zero-order chi connectivity index (χ0) is 20.3. The van der Waals surface area contributed by atoms with Crippen LogP contribution in [0, 0.1) is 12.8 Å². The Kier molecular flexibility index (Phi) is 6.00. The molecule has 0 radical (unpaired) electrons. The number of carbonyl (C=O) groups excluding carboxylic acids is 1. The number of piperidine rings is 1. The van der Waals surface area contributed by atoms with Crippen molar-refractivity contribution >= 4 is 21.6 Å². The van der Waals surface area contributed by atoms with E-state index in [1.54, 1.807) is 6.07 Å². The van der Waals surface area contributed by atoms with Crippen molar-refractivity contribution < 1.29 is 13.2 Å². The van der Waals surface area contributed by atoms with Crippen LogP contribution in [-0.4, -0.2) is 36.3 Å². The van der Waals surface area contributed by atoms with Gasteiger partial charge in [-0.15, -0.1) is 0 Å². The van der Waals surface area contributed by atoms with Gasteiger partial charge in [-0.05, 0) is 55.5 Å². The van der Waals surface area contributed by atoms with Crippen LogP contribution in [0.4, 0.5) is 5.69 Å². The fraction of sp³-hybridized carbons (Fsp3) is 0.400. The topological polar surface area (TPSA) is 88.5 Å². The highest BCUT2D eigenvalue weighted by atomic mass is 32.2. The molecule has 1 aliphatic heterocycles. The predicted molar refractivity (Wildman–Crippen MR) is 108 cm³/mol. The lowest BCUT2D eigenvalue weighted by Crippen LogP contribution is -2.41. The minimum absolute atomic E-state index is 0.257. The molecule has 3 rings (SSSR count). The van der Waals surface area contributed by atoms with Gasteiger partial charge in [0, 0.05) is 25.0 Å². The fourth-order valence-corrected chi connectivity index (χ4v) is 4.84. The number of carbonyl (C=O) groups is 1. The first-order chi connectivity index (χ1) is 13.3. The van der Waals surface area contributed by atoms with Crippen molar-refractivity contribution in [3.8, 4) is 0 Å². The average Bonchev–Trinajstić information content (AvgIpc) is 2.63. The van der Waals surface area contributed by atoms with Gasteiger partial charge in [0.2, 0.25) is 15.9 Å². The molecule has 0 saturated carbocycles. The van der Waals surface area contributed by atoms with Crippen molar-refractivity contribution in [1.82, 2.24) is 8.87 Å². The molecule has 1 saturated heterocycles. The Morgan fingerprint density at radius 1 is 1.18 bits per heavy atom. The number of hydrogen-bond acceptors (Lipinski definition) is 4. The smallest absolute Gasteiger partial charge is 0.271 e. The number of hydrogen-bond donors (Lipinski definition) is 1. The molecule has 0 aliphatic carbocycles. The third-order valence-corrected chi connectivity index (χ3v) is 6.87. The monoisotopic (exact) mass is 403 g/mol. The Balaban J connectivity index is 1.79. The predicted octanol–water partition coefficient (Wildman–Crippen LogP) is 2.22. The van der Waals surface area contributed by atoms with Gasteiger partial charge in [-0.3, -0.25) is 9.59 Å². The lowest BCUT2D eigenvalue weighted by Gasteiger charge is -2.29. The second kappa shape index (κ2) is 8.28. The Labute approximate surface area is 165 Å². The molecule has 1 fully saturated rings. The maximum atomic E-state index is 12.9. The van der Waals surface area contributed by atoms with E-state index >= 15 is 0 Å². The van der Waals surface area contributed by atoms with Crippen LogP contribution in [0.3, 0.4) is 0 Å². The summed E-state index contributed by atoms with van der Waals surface area (Å²) in [5.41, 5.74) is 0.948. The highest BCUT2D eigenvalue weighted by molar-refractivity contribution is 7.89. The van der Waals surface area contributed by atoms with Gasteiger partial charge in [-0.25, -0.2) is 8.42 Å².